The van der Waals surface area contributed by atoms with Gasteiger partial charge < -0.3 is 4.32 Å². The van der Waals surface area contributed by atoms with Crippen LogP contribution < -0.4 is 0 Å². The van der Waals surface area contributed by atoms with Crippen LogP contribution in [0.2, 0.25) is 6.32 Å². The maximum absolute atomic E-state index is 13.3. The van der Waals surface area contributed by atoms with Gasteiger partial charge in [0.05, 0.1) is 0 Å². The lowest BCUT2D eigenvalue weighted by molar-refractivity contribution is 0.817. The Morgan fingerprint density at radius 3 is 2.50 bits per heavy atom. The zero-order valence-electron chi connectivity index (χ0n) is 8.20. The third-order valence-electron chi connectivity index (χ3n) is 2.60. The summed E-state index contributed by atoms with van der Waals surface area (Å²) in [5, 5.41) is 0. The average molecular weight is 168 g/mol. The number of hydrogen-bond acceptors (Lipinski definition) is 0. The first-order valence-corrected chi connectivity index (χ1v) is 5.14. The van der Waals surface area contributed by atoms with Gasteiger partial charge in [-0.2, -0.15) is 0 Å². The predicted octanol–water partition coefficient (Wildman–Crippen LogP) is 3.79. The SMILES string of the molecule is CCCC1=C(CCC)B(F)CC1. The fourth-order valence-corrected chi connectivity index (χ4v) is 2.05. The Labute approximate surface area is 75.4 Å². The smallest absolute Gasteiger partial charge is 0.330 e. The van der Waals surface area contributed by atoms with E-state index >= 15 is 0 Å². The standard InChI is InChI=1S/C10H18BF/c1-3-5-9-7-8-11(12)10(9)6-4-2/h3-8H2,1-2H3. The first-order chi connectivity index (χ1) is 5.79. The maximum atomic E-state index is 13.3. The van der Waals surface area contributed by atoms with Crippen molar-refractivity contribution in [3.63, 3.8) is 0 Å². The topological polar surface area (TPSA) is 0 Å². The molecule has 0 aromatic carbocycles. The summed E-state index contributed by atoms with van der Waals surface area (Å²) in [4.78, 5) is 0. The van der Waals surface area contributed by atoms with Gasteiger partial charge in [0.25, 0.3) is 0 Å². The lowest BCUT2D eigenvalue weighted by Crippen LogP contribution is -2.04. The Morgan fingerprint density at radius 1 is 1.25 bits per heavy atom. The van der Waals surface area contributed by atoms with Crippen LogP contribution in [-0.2, 0) is 0 Å². The number of allylic oxidation sites excluding steroid dienone is 2. The molecule has 0 N–H and O–H groups in total. The van der Waals surface area contributed by atoms with E-state index in [0.29, 0.717) is 0 Å². The van der Waals surface area contributed by atoms with Crippen LogP contribution in [0.25, 0.3) is 0 Å². The molecule has 1 rings (SSSR count). The molecular weight excluding hydrogens is 150 g/mol. The van der Waals surface area contributed by atoms with E-state index < -0.39 is 6.99 Å². The highest BCUT2D eigenvalue weighted by Gasteiger charge is 2.28. The molecule has 2 heteroatoms. The molecule has 1 aliphatic heterocycles. The zero-order chi connectivity index (χ0) is 8.97. The lowest BCUT2D eigenvalue weighted by atomic mass is 9.63. The second kappa shape index (κ2) is 4.69. The molecule has 68 valence electrons. The van der Waals surface area contributed by atoms with E-state index in [2.05, 4.69) is 13.8 Å². The molecule has 0 aliphatic carbocycles. The minimum atomic E-state index is -0.605. The predicted molar refractivity (Wildman–Crippen MR) is 53.1 cm³/mol. The van der Waals surface area contributed by atoms with Crippen LogP contribution in [0.15, 0.2) is 11.0 Å². The van der Waals surface area contributed by atoms with Crippen molar-refractivity contribution in [2.24, 2.45) is 0 Å². The molecule has 0 unspecified atom stereocenters. The van der Waals surface area contributed by atoms with Crippen molar-refractivity contribution < 1.29 is 4.32 Å². The molecule has 0 spiro atoms. The van der Waals surface area contributed by atoms with Crippen LogP contribution in [0.4, 0.5) is 4.32 Å². The summed E-state index contributed by atoms with van der Waals surface area (Å²) in [7, 11) is 0. The Kier molecular flexibility index (Phi) is 3.83. The normalized spacial score (nSPS) is 17.8. The van der Waals surface area contributed by atoms with Gasteiger partial charge in [0.2, 0.25) is 0 Å². The van der Waals surface area contributed by atoms with Crippen molar-refractivity contribution in [3.05, 3.63) is 11.0 Å². The third kappa shape index (κ3) is 2.12. The monoisotopic (exact) mass is 168 g/mol. The highest BCUT2D eigenvalue weighted by Crippen LogP contribution is 2.32. The van der Waals surface area contributed by atoms with E-state index in [1.165, 1.54) is 5.57 Å². The molecule has 12 heavy (non-hydrogen) atoms. The molecule has 0 bridgehead atoms. The van der Waals surface area contributed by atoms with Crippen LogP contribution in [0.1, 0.15) is 46.0 Å². The lowest BCUT2D eigenvalue weighted by Gasteiger charge is -2.05. The molecule has 0 aromatic rings. The Morgan fingerprint density at radius 2 is 1.92 bits per heavy atom. The van der Waals surface area contributed by atoms with Crippen LogP contribution in [0, 0.1) is 0 Å². The third-order valence-corrected chi connectivity index (χ3v) is 2.60. The average Bonchev–Trinajstić information content (AvgIpc) is 2.37. The van der Waals surface area contributed by atoms with Crippen molar-refractivity contribution in [3.8, 4) is 0 Å². The Bertz CT molecular complexity index is 175. The summed E-state index contributed by atoms with van der Waals surface area (Å²) in [6.45, 7) is 3.69. The summed E-state index contributed by atoms with van der Waals surface area (Å²) < 4.78 is 13.3. The molecule has 0 saturated heterocycles. The van der Waals surface area contributed by atoms with Gasteiger partial charge in [-0.15, -0.1) is 0 Å². The molecule has 1 aliphatic rings. The maximum Gasteiger partial charge on any atom is 0.377 e. The largest absolute Gasteiger partial charge is 0.377 e. The minimum absolute atomic E-state index is 0.605. The van der Waals surface area contributed by atoms with Gasteiger partial charge in [-0.05, 0) is 25.6 Å². The molecule has 1 heterocycles. The molecule has 0 radical (unpaired) electrons. The van der Waals surface area contributed by atoms with E-state index in [1.54, 1.807) is 0 Å². The fourth-order valence-electron chi connectivity index (χ4n) is 2.05. The van der Waals surface area contributed by atoms with Gasteiger partial charge in [-0.1, -0.05) is 37.7 Å². The Balaban J connectivity index is 2.61. The second-order valence-corrected chi connectivity index (χ2v) is 3.64. The van der Waals surface area contributed by atoms with Crippen molar-refractivity contribution in [1.82, 2.24) is 0 Å². The number of rotatable bonds is 4. The quantitative estimate of drug-likeness (QED) is 0.560. The minimum Gasteiger partial charge on any atom is -0.330 e. The fraction of sp³-hybridized carbons (Fsp3) is 0.800. The number of hydrogen-bond donors (Lipinski definition) is 0. The molecule has 0 amide bonds. The van der Waals surface area contributed by atoms with Crippen LogP contribution in [-0.4, -0.2) is 6.99 Å². The van der Waals surface area contributed by atoms with Gasteiger partial charge in [-0.25, -0.2) is 0 Å². The molecule has 0 fully saturated rings. The molecule has 0 atom stereocenters. The van der Waals surface area contributed by atoms with Crippen LogP contribution >= 0.6 is 0 Å². The van der Waals surface area contributed by atoms with Gasteiger partial charge in [0.15, 0.2) is 0 Å². The number of halogens is 1. The summed E-state index contributed by atoms with van der Waals surface area (Å²) >= 11 is 0. The van der Waals surface area contributed by atoms with Gasteiger partial charge in [-0.3, -0.25) is 0 Å². The van der Waals surface area contributed by atoms with Gasteiger partial charge in [0.1, 0.15) is 0 Å². The van der Waals surface area contributed by atoms with Crippen molar-refractivity contribution in [1.29, 1.82) is 0 Å². The van der Waals surface area contributed by atoms with Gasteiger partial charge in [0, 0.05) is 0 Å². The summed E-state index contributed by atoms with van der Waals surface area (Å²) in [5.41, 5.74) is 2.56. The molecular formula is C10H18BF. The Hall–Kier alpha value is -0.265. The molecule has 0 aromatic heterocycles. The van der Waals surface area contributed by atoms with Gasteiger partial charge >= 0.3 is 6.99 Å². The van der Waals surface area contributed by atoms with Crippen molar-refractivity contribution in [2.45, 2.75) is 52.3 Å². The first-order valence-electron chi connectivity index (χ1n) is 5.14. The summed E-state index contributed by atoms with van der Waals surface area (Å²) in [6, 6.07) is 0. The van der Waals surface area contributed by atoms with E-state index in [-0.39, 0.29) is 0 Å². The highest BCUT2D eigenvalue weighted by molar-refractivity contribution is 6.61. The van der Waals surface area contributed by atoms with E-state index in [1.807, 2.05) is 0 Å². The second-order valence-electron chi connectivity index (χ2n) is 3.64. The van der Waals surface area contributed by atoms with E-state index in [0.717, 1.165) is 43.9 Å². The van der Waals surface area contributed by atoms with Crippen molar-refractivity contribution in [2.75, 3.05) is 0 Å². The van der Waals surface area contributed by atoms with Crippen LogP contribution in [0.3, 0.4) is 0 Å². The van der Waals surface area contributed by atoms with E-state index in [4.69, 9.17) is 0 Å². The summed E-state index contributed by atoms with van der Waals surface area (Å²) in [5.74, 6) is 0. The van der Waals surface area contributed by atoms with Crippen LogP contribution in [0.5, 0.6) is 0 Å². The first kappa shape index (κ1) is 9.82. The summed E-state index contributed by atoms with van der Waals surface area (Å²) in [6.07, 6.45) is 6.12. The van der Waals surface area contributed by atoms with E-state index in [9.17, 15) is 4.32 Å². The molecule has 0 saturated carbocycles. The van der Waals surface area contributed by atoms with Crippen molar-refractivity contribution >= 4 is 6.99 Å². The molecule has 0 nitrogen and oxygen atoms in total. The zero-order valence-corrected chi connectivity index (χ0v) is 8.20. The highest BCUT2D eigenvalue weighted by atomic mass is 19.1.